The van der Waals surface area contributed by atoms with Crippen molar-refractivity contribution in [2.45, 2.75) is 26.7 Å². The van der Waals surface area contributed by atoms with Gasteiger partial charge in [0.2, 0.25) is 0 Å². The van der Waals surface area contributed by atoms with E-state index < -0.39 is 0 Å². The van der Waals surface area contributed by atoms with E-state index in [-0.39, 0.29) is 0 Å². The van der Waals surface area contributed by atoms with Crippen LogP contribution in [0.4, 0.5) is 5.69 Å². The Morgan fingerprint density at radius 2 is 1.86 bits per heavy atom. The lowest BCUT2D eigenvalue weighted by Crippen LogP contribution is -2.33. The molecular formula is C19H24N2S. The third-order valence-electron chi connectivity index (χ3n) is 3.77. The fourth-order valence-electron chi connectivity index (χ4n) is 2.44. The molecule has 0 saturated carbocycles. The first-order chi connectivity index (χ1) is 10.7. The lowest BCUT2D eigenvalue weighted by molar-refractivity contribution is 0.498. The summed E-state index contributed by atoms with van der Waals surface area (Å²) >= 11 is 5.39. The Kier molecular flexibility index (Phi) is 6.41. The largest absolute Gasteiger partial charge is 0.362 e. The molecule has 1 atom stereocenters. The molecule has 0 aromatic heterocycles. The van der Waals surface area contributed by atoms with Crippen molar-refractivity contribution < 1.29 is 0 Å². The zero-order chi connectivity index (χ0) is 15.8. The summed E-state index contributed by atoms with van der Waals surface area (Å²) in [7, 11) is 0. The molecule has 0 saturated heterocycles. The Morgan fingerprint density at radius 3 is 2.55 bits per heavy atom. The number of hydrogen-bond acceptors (Lipinski definition) is 1. The number of benzene rings is 2. The zero-order valence-electron chi connectivity index (χ0n) is 13.3. The molecular weight excluding hydrogens is 288 g/mol. The number of rotatable bonds is 6. The van der Waals surface area contributed by atoms with Crippen LogP contribution >= 0.6 is 12.2 Å². The fourth-order valence-corrected chi connectivity index (χ4v) is 2.64. The monoisotopic (exact) mass is 312 g/mol. The highest BCUT2D eigenvalue weighted by atomic mass is 32.1. The molecule has 2 nitrogen and oxygen atoms in total. The zero-order valence-corrected chi connectivity index (χ0v) is 14.1. The van der Waals surface area contributed by atoms with Crippen molar-refractivity contribution in [3.05, 3.63) is 65.7 Å². The lowest BCUT2D eigenvalue weighted by atomic mass is 9.97. The maximum absolute atomic E-state index is 5.39. The normalized spacial score (nSPS) is 11.7. The first kappa shape index (κ1) is 16.5. The molecule has 0 aliphatic heterocycles. The van der Waals surface area contributed by atoms with E-state index >= 15 is 0 Å². The minimum atomic E-state index is 0.583. The second-order valence-corrected chi connectivity index (χ2v) is 6.08. The van der Waals surface area contributed by atoms with Crippen LogP contribution in [-0.4, -0.2) is 11.7 Å². The van der Waals surface area contributed by atoms with E-state index in [1.807, 2.05) is 12.1 Å². The Labute approximate surface area is 139 Å². The second-order valence-electron chi connectivity index (χ2n) is 5.67. The molecule has 0 amide bonds. The fraction of sp³-hybridized carbons (Fsp3) is 0.316. The minimum Gasteiger partial charge on any atom is -0.362 e. The van der Waals surface area contributed by atoms with Crippen LogP contribution in [0, 0.1) is 12.8 Å². The average Bonchev–Trinajstić information content (AvgIpc) is 2.52. The molecule has 0 spiro atoms. The third-order valence-corrected chi connectivity index (χ3v) is 4.02. The highest BCUT2D eigenvalue weighted by Crippen LogP contribution is 2.12. The summed E-state index contributed by atoms with van der Waals surface area (Å²) in [6, 6.07) is 18.9. The van der Waals surface area contributed by atoms with Gasteiger partial charge < -0.3 is 10.6 Å². The van der Waals surface area contributed by atoms with E-state index in [2.05, 4.69) is 66.9 Å². The van der Waals surface area contributed by atoms with Gasteiger partial charge in [-0.05, 0) is 54.7 Å². The molecule has 0 aliphatic carbocycles. The molecule has 0 heterocycles. The van der Waals surface area contributed by atoms with Gasteiger partial charge in [-0.25, -0.2) is 0 Å². The van der Waals surface area contributed by atoms with E-state index in [0.717, 1.165) is 25.1 Å². The van der Waals surface area contributed by atoms with Gasteiger partial charge in [0, 0.05) is 12.2 Å². The highest BCUT2D eigenvalue weighted by molar-refractivity contribution is 7.80. The predicted octanol–water partition coefficient (Wildman–Crippen LogP) is 4.55. The Bertz CT molecular complexity index is 595. The highest BCUT2D eigenvalue weighted by Gasteiger charge is 2.08. The summed E-state index contributed by atoms with van der Waals surface area (Å²) in [5.74, 6) is 0.583. The number of nitrogens with one attached hydrogen (secondary N) is 2. The molecule has 2 aromatic carbocycles. The quantitative estimate of drug-likeness (QED) is 0.765. The molecule has 0 aliphatic rings. The van der Waals surface area contributed by atoms with Crippen LogP contribution in [-0.2, 0) is 6.42 Å². The van der Waals surface area contributed by atoms with Crippen LogP contribution < -0.4 is 10.6 Å². The van der Waals surface area contributed by atoms with E-state index in [4.69, 9.17) is 12.2 Å². The molecule has 3 heteroatoms. The average molecular weight is 312 g/mol. The molecule has 116 valence electrons. The Balaban J connectivity index is 1.81. The smallest absolute Gasteiger partial charge is 0.170 e. The molecule has 2 aromatic rings. The molecule has 2 N–H and O–H groups in total. The van der Waals surface area contributed by atoms with Gasteiger partial charge >= 0.3 is 0 Å². The second kappa shape index (κ2) is 8.54. The Morgan fingerprint density at radius 1 is 1.09 bits per heavy atom. The SMILES string of the molecule is CC[C@H](CNC(=S)Nc1cccc(C)c1)Cc1ccccc1. The van der Waals surface area contributed by atoms with Gasteiger partial charge in [-0.2, -0.15) is 0 Å². The summed E-state index contributed by atoms with van der Waals surface area (Å²) in [5, 5.41) is 7.28. The van der Waals surface area contributed by atoms with E-state index in [0.29, 0.717) is 11.0 Å². The van der Waals surface area contributed by atoms with Gasteiger partial charge in [-0.15, -0.1) is 0 Å². The molecule has 0 bridgehead atoms. The first-order valence-electron chi connectivity index (χ1n) is 7.83. The summed E-state index contributed by atoms with van der Waals surface area (Å²) in [6.45, 7) is 5.20. The third kappa shape index (κ3) is 5.49. The van der Waals surface area contributed by atoms with Crippen molar-refractivity contribution >= 4 is 23.0 Å². The maximum atomic E-state index is 5.39. The number of anilines is 1. The topological polar surface area (TPSA) is 24.1 Å². The van der Waals surface area contributed by atoms with Crippen LogP contribution in [0.5, 0.6) is 0 Å². The standard InChI is InChI=1S/C19H24N2S/c1-3-16(13-17-9-5-4-6-10-17)14-20-19(22)21-18-11-7-8-15(2)12-18/h4-12,16H,3,13-14H2,1-2H3,(H2,20,21,22)/t16-/m0/s1. The Hall–Kier alpha value is -1.87. The summed E-state index contributed by atoms with van der Waals surface area (Å²) in [5.41, 5.74) is 3.64. The van der Waals surface area contributed by atoms with Crippen molar-refractivity contribution in [1.82, 2.24) is 5.32 Å². The van der Waals surface area contributed by atoms with Crippen molar-refractivity contribution in [2.75, 3.05) is 11.9 Å². The molecule has 0 unspecified atom stereocenters. The van der Waals surface area contributed by atoms with Crippen LogP contribution in [0.25, 0.3) is 0 Å². The summed E-state index contributed by atoms with van der Waals surface area (Å²) in [6.07, 6.45) is 2.21. The molecule has 22 heavy (non-hydrogen) atoms. The minimum absolute atomic E-state index is 0.583. The van der Waals surface area contributed by atoms with Gasteiger partial charge in [0.1, 0.15) is 0 Å². The summed E-state index contributed by atoms with van der Waals surface area (Å²) < 4.78 is 0. The number of hydrogen-bond donors (Lipinski definition) is 2. The van der Waals surface area contributed by atoms with Crippen LogP contribution in [0.3, 0.4) is 0 Å². The van der Waals surface area contributed by atoms with E-state index in [1.54, 1.807) is 0 Å². The van der Waals surface area contributed by atoms with Crippen molar-refractivity contribution in [1.29, 1.82) is 0 Å². The van der Waals surface area contributed by atoms with Crippen molar-refractivity contribution in [2.24, 2.45) is 5.92 Å². The van der Waals surface area contributed by atoms with Crippen molar-refractivity contribution in [3.8, 4) is 0 Å². The van der Waals surface area contributed by atoms with Crippen LogP contribution in [0.15, 0.2) is 54.6 Å². The van der Waals surface area contributed by atoms with Gasteiger partial charge in [0.05, 0.1) is 0 Å². The number of aryl methyl sites for hydroxylation is 1. The van der Waals surface area contributed by atoms with E-state index in [1.165, 1.54) is 11.1 Å². The molecule has 0 fully saturated rings. The van der Waals surface area contributed by atoms with E-state index in [9.17, 15) is 0 Å². The van der Waals surface area contributed by atoms with Gasteiger partial charge in [-0.3, -0.25) is 0 Å². The van der Waals surface area contributed by atoms with Crippen LogP contribution in [0.2, 0.25) is 0 Å². The van der Waals surface area contributed by atoms with Crippen molar-refractivity contribution in [3.63, 3.8) is 0 Å². The lowest BCUT2D eigenvalue weighted by Gasteiger charge is -2.18. The maximum Gasteiger partial charge on any atom is 0.170 e. The molecule has 0 radical (unpaired) electrons. The first-order valence-corrected chi connectivity index (χ1v) is 8.23. The molecule has 2 rings (SSSR count). The van der Waals surface area contributed by atoms with Crippen LogP contribution in [0.1, 0.15) is 24.5 Å². The van der Waals surface area contributed by atoms with Gasteiger partial charge in [0.25, 0.3) is 0 Å². The van der Waals surface area contributed by atoms with Gasteiger partial charge in [-0.1, -0.05) is 55.8 Å². The predicted molar refractivity (Wildman–Crippen MR) is 99.3 cm³/mol. The summed E-state index contributed by atoms with van der Waals surface area (Å²) in [4.78, 5) is 0. The van der Waals surface area contributed by atoms with Gasteiger partial charge in [0.15, 0.2) is 5.11 Å². The number of thiocarbonyl (C=S) groups is 1.